The number of hydrogen-bond acceptors (Lipinski definition) is 3. The van der Waals surface area contributed by atoms with Crippen molar-refractivity contribution in [3.63, 3.8) is 0 Å². The lowest BCUT2D eigenvalue weighted by molar-refractivity contribution is -0.125. The molecule has 1 aliphatic heterocycles. The normalized spacial score (nSPS) is 21.7. The fourth-order valence-electron chi connectivity index (χ4n) is 1.93. The van der Waals surface area contributed by atoms with Crippen molar-refractivity contribution in [3.05, 3.63) is 30.1 Å². The molecule has 4 nitrogen and oxygen atoms in total. The van der Waals surface area contributed by atoms with E-state index in [9.17, 15) is 4.79 Å². The summed E-state index contributed by atoms with van der Waals surface area (Å²) in [4.78, 5) is 15.9. The molecule has 0 spiro atoms. The van der Waals surface area contributed by atoms with Gasteiger partial charge >= 0.3 is 0 Å². The molecule has 1 saturated heterocycles. The van der Waals surface area contributed by atoms with Crippen LogP contribution in [0, 0.1) is 5.92 Å². The quantitative estimate of drug-likeness (QED) is 0.793. The number of amides is 1. The molecule has 1 unspecified atom stereocenters. The molecule has 1 amide bonds. The third-order valence-corrected chi connectivity index (χ3v) is 2.97. The predicted octanol–water partition coefficient (Wildman–Crippen LogP) is 0.868. The lowest BCUT2D eigenvalue weighted by atomic mass is 10.1. The number of aromatic nitrogens is 1. The molecule has 1 aromatic rings. The van der Waals surface area contributed by atoms with E-state index in [2.05, 4.69) is 15.6 Å². The van der Waals surface area contributed by atoms with Gasteiger partial charge in [-0.15, -0.1) is 0 Å². The highest BCUT2D eigenvalue weighted by atomic mass is 16.2. The van der Waals surface area contributed by atoms with Crippen LogP contribution in [-0.2, 0) is 4.79 Å². The van der Waals surface area contributed by atoms with E-state index in [1.807, 2.05) is 19.1 Å². The van der Waals surface area contributed by atoms with E-state index in [1.54, 1.807) is 12.4 Å². The van der Waals surface area contributed by atoms with Crippen molar-refractivity contribution in [2.24, 2.45) is 5.92 Å². The van der Waals surface area contributed by atoms with E-state index < -0.39 is 0 Å². The molecular formula is C12H17N3O. The number of pyridine rings is 1. The van der Waals surface area contributed by atoms with Crippen molar-refractivity contribution in [2.45, 2.75) is 19.4 Å². The second-order valence-corrected chi connectivity index (χ2v) is 4.21. The van der Waals surface area contributed by atoms with Crippen LogP contribution in [0.3, 0.4) is 0 Å². The van der Waals surface area contributed by atoms with Gasteiger partial charge in [-0.05, 0) is 31.5 Å². The van der Waals surface area contributed by atoms with Crippen molar-refractivity contribution in [1.29, 1.82) is 0 Å². The van der Waals surface area contributed by atoms with Crippen LogP contribution < -0.4 is 10.6 Å². The number of carbonyl (C=O) groups is 1. The third kappa shape index (κ3) is 2.58. The molecule has 2 atom stereocenters. The van der Waals surface area contributed by atoms with Gasteiger partial charge in [-0.2, -0.15) is 0 Å². The summed E-state index contributed by atoms with van der Waals surface area (Å²) in [5.41, 5.74) is 1.04. The molecule has 0 saturated carbocycles. The van der Waals surface area contributed by atoms with Gasteiger partial charge in [0.25, 0.3) is 0 Å². The molecule has 0 bridgehead atoms. The average molecular weight is 219 g/mol. The van der Waals surface area contributed by atoms with Crippen LogP contribution in [0.1, 0.15) is 24.9 Å². The summed E-state index contributed by atoms with van der Waals surface area (Å²) in [6, 6.07) is 3.89. The first-order valence-corrected chi connectivity index (χ1v) is 5.68. The predicted molar refractivity (Wildman–Crippen MR) is 61.8 cm³/mol. The number of carbonyl (C=O) groups excluding carboxylic acids is 1. The Labute approximate surface area is 95.5 Å². The van der Waals surface area contributed by atoms with E-state index in [1.165, 1.54) is 0 Å². The minimum atomic E-state index is 0.0294. The first-order valence-electron chi connectivity index (χ1n) is 5.68. The van der Waals surface area contributed by atoms with Gasteiger partial charge in [0.1, 0.15) is 0 Å². The minimum absolute atomic E-state index is 0.0294. The number of hydrogen-bond donors (Lipinski definition) is 2. The molecule has 16 heavy (non-hydrogen) atoms. The molecular weight excluding hydrogens is 202 g/mol. The Morgan fingerprint density at radius 2 is 2.56 bits per heavy atom. The summed E-state index contributed by atoms with van der Waals surface area (Å²) < 4.78 is 0. The summed E-state index contributed by atoms with van der Waals surface area (Å²) in [5.74, 6) is 0.264. The summed E-state index contributed by atoms with van der Waals surface area (Å²) in [5, 5.41) is 6.21. The molecule has 2 rings (SSSR count). The zero-order valence-corrected chi connectivity index (χ0v) is 9.44. The van der Waals surface area contributed by atoms with Crippen LogP contribution in [0.25, 0.3) is 0 Å². The van der Waals surface area contributed by atoms with Crippen LogP contribution in [0.2, 0.25) is 0 Å². The largest absolute Gasteiger partial charge is 0.349 e. The highest BCUT2D eigenvalue weighted by molar-refractivity contribution is 5.79. The maximum absolute atomic E-state index is 11.9. The van der Waals surface area contributed by atoms with Crippen LogP contribution in [0.15, 0.2) is 24.5 Å². The van der Waals surface area contributed by atoms with Crippen LogP contribution in [0.5, 0.6) is 0 Å². The topological polar surface area (TPSA) is 54.0 Å². The summed E-state index contributed by atoms with van der Waals surface area (Å²) in [6.45, 7) is 3.72. The van der Waals surface area contributed by atoms with Gasteiger partial charge in [0.15, 0.2) is 0 Å². The van der Waals surface area contributed by atoms with Crippen molar-refractivity contribution < 1.29 is 4.79 Å². The smallest absolute Gasteiger partial charge is 0.224 e. The summed E-state index contributed by atoms with van der Waals surface area (Å²) in [6.07, 6.45) is 4.46. The molecule has 2 N–H and O–H groups in total. The molecule has 4 heteroatoms. The first kappa shape index (κ1) is 11.1. The molecule has 86 valence electrons. The van der Waals surface area contributed by atoms with Crippen LogP contribution in [-0.4, -0.2) is 24.0 Å². The van der Waals surface area contributed by atoms with Crippen molar-refractivity contribution in [3.8, 4) is 0 Å². The van der Waals surface area contributed by atoms with Gasteiger partial charge in [0.05, 0.1) is 12.0 Å². The fraction of sp³-hybridized carbons (Fsp3) is 0.500. The number of rotatable bonds is 3. The van der Waals surface area contributed by atoms with Crippen molar-refractivity contribution >= 4 is 5.91 Å². The third-order valence-electron chi connectivity index (χ3n) is 2.97. The van der Waals surface area contributed by atoms with E-state index in [0.717, 1.165) is 25.1 Å². The molecule has 1 fully saturated rings. The second-order valence-electron chi connectivity index (χ2n) is 4.21. The van der Waals surface area contributed by atoms with E-state index in [0.29, 0.717) is 0 Å². The number of nitrogens with one attached hydrogen (secondary N) is 2. The summed E-state index contributed by atoms with van der Waals surface area (Å²) in [7, 11) is 0. The highest BCUT2D eigenvalue weighted by Crippen LogP contribution is 2.13. The average Bonchev–Trinajstić information content (AvgIpc) is 2.83. The SMILES string of the molecule is C[C@@H](NC(=O)C1CCNC1)c1cccnc1. The molecule has 2 heterocycles. The summed E-state index contributed by atoms with van der Waals surface area (Å²) >= 11 is 0. The molecule has 1 aliphatic rings. The molecule has 1 aromatic heterocycles. The molecule has 0 radical (unpaired) electrons. The highest BCUT2D eigenvalue weighted by Gasteiger charge is 2.23. The van der Waals surface area contributed by atoms with Crippen LogP contribution in [0.4, 0.5) is 0 Å². The Bertz CT molecular complexity index is 347. The van der Waals surface area contributed by atoms with Crippen LogP contribution >= 0.6 is 0 Å². The Kier molecular flexibility index (Phi) is 3.51. The minimum Gasteiger partial charge on any atom is -0.349 e. The van der Waals surface area contributed by atoms with E-state index in [-0.39, 0.29) is 17.9 Å². The Balaban J connectivity index is 1.92. The monoisotopic (exact) mass is 219 g/mol. The first-order chi connectivity index (χ1) is 7.77. The van der Waals surface area contributed by atoms with E-state index in [4.69, 9.17) is 0 Å². The van der Waals surface area contributed by atoms with Crippen molar-refractivity contribution in [1.82, 2.24) is 15.6 Å². The van der Waals surface area contributed by atoms with Gasteiger partial charge in [-0.25, -0.2) is 0 Å². The Hall–Kier alpha value is -1.42. The van der Waals surface area contributed by atoms with Crippen molar-refractivity contribution in [2.75, 3.05) is 13.1 Å². The molecule has 0 aliphatic carbocycles. The maximum atomic E-state index is 11.9. The Morgan fingerprint density at radius 3 is 3.19 bits per heavy atom. The lowest BCUT2D eigenvalue weighted by Crippen LogP contribution is -2.33. The maximum Gasteiger partial charge on any atom is 0.224 e. The zero-order valence-electron chi connectivity index (χ0n) is 9.44. The number of nitrogens with zero attached hydrogens (tertiary/aromatic N) is 1. The van der Waals surface area contributed by atoms with Gasteiger partial charge < -0.3 is 10.6 Å². The van der Waals surface area contributed by atoms with Gasteiger partial charge in [-0.1, -0.05) is 6.07 Å². The van der Waals surface area contributed by atoms with Gasteiger partial charge in [0, 0.05) is 18.9 Å². The Morgan fingerprint density at radius 1 is 1.69 bits per heavy atom. The second kappa shape index (κ2) is 5.07. The standard InChI is InChI=1S/C12H17N3O/c1-9(10-3-2-5-13-7-10)15-12(16)11-4-6-14-8-11/h2-3,5,7,9,11,14H,4,6,8H2,1H3,(H,15,16)/t9-,11?/m1/s1. The van der Waals surface area contributed by atoms with Gasteiger partial charge in [0.2, 0.25) is 5.91 Å². The van der Waals surface area contributed by atoms with Gasteiger partial charge in [-0.3, -0.25) is 9.78 Å². The molecule has 0 aromatic carbocycles. The van der Waals surface area contributed by atoms with E-state index >= 15 is 0 Å². The zero-order chi connectivity index (χ0) is 11.4. The lowest BCUT2D eigenvalue weighted by Gasteiger charge is -2.16. The fourth-order valence-corrected chi connectivity index (χ4v) is 1.93.